The number of hydrogen-bond acceptors (Lipinski definition) is 6. The number of halogens is 1. The molecule has 7 nitrogen and oxygen atoms in total. The van der Waals surface area contributed by atoms with Gasteiger partial charge < -0.3 is 9.74 Å². The fraction of sp³-hybridized carbons (Fsp3) is 0.571. The van der Waals surface area contributed by atoms with Gasteiger partial charge in [0.15, 0.2) is 0 Å². The Hall–Kier alpha value is -1.73. The molecule has 8 heteroatoms. The van der Waals surface area contributed by atoms with Crippen LogP contribution in [-0.4, -0.2) is 58.0 Å². The monoisotopic (exact) mass is 326 g/mol. The van der Waals surface area contributed by atoms with Crippen molar-refractivity contribution in [3.05, 3.63) is 23.2 Å². The van der Waals surface area contributed by atoms with Gasteiger partial charge in [-0.25, -0.2) is 14.8 Å². The second-order valence-electron chi connectivity index (χ2n) is 6.08. The zero-order chi connectivity index (χ0) is 16.3. The molecule has 1 aliphatic rings. The van der Waals surface area contributed by atoms with Gasteiger partial charge in [0, 0.05) is 19.2 Å². The summed E-state index contributed by atoms with van der Waals surface area (Å²) in [5.74, 6) is -0.485. The molecule has 0 unspecified atom stereocenters. The van der Waals surface area contributed by atoms with Crippen molar-refractivity contribution >= 4 is 23.5 Å². The molecule has 0 N–H and O–H groups in total. The standard InChI is InChI=1S/C14H19ClN4O3/c1-14(2,3)13(21)22-19-6-4-18(5-7-19)12(20)10-8-11(15)17-9-16-10/h8-9H,4-7H2,1-3H3. The van der Waals surface area contributed by atoms with Crippen LogP contribution in [0.25, 0.3) is 0 Å². The zero-order valence-corrected chi connectivity index (χ0v) is 13.6. The van der Waals surface area contributed by atoms with E-state index in [1.807, 2.05) is 0 Å². The lowest BCUT2D eigenvalue weighted by molar-refractivity contribution is -0.205. The van der Waals surface area contributed by atoms with E-state index in [2.05, 4.69) is 9.97 Å². The molecular weight excluding hydrogens is 308 g/mol. The van der Waals surface area contributed by atoms with Crippen LogP contribution in [0.4, 0.5) is 0 Å². The number of aromatic nitrogens is 2. The van der Waals surface area contributed by atoms with Crippen molar-refractivity contribution in [3.63, 3.8) is 0 Å². The van der Waals surface area contributed by atoms with Gasteiger partial charge in [-0.05, 0) is 20.8 Å². The number of carbonyl (C=O) groups excluding carboxylic acids is 2. The minimum Gasteiger partial charge on any atom is -0.367 e. The van der Waals surface area contributed by atoms with E-state index >= 15 is 0 Å². The van der Waals surface area contributed by atoms with Crippen LogP contribution >= 0.6 is 11.6 Å². The second kappa shape index (κ2) is 6.58. The molecule has 120 valence electrons. The van der Waals surface area contributed by atoms with E-state index in [9.17, 15) is 9.59 Å². The molecule has 1 aromatic heterocycles. The van der Waals surface area contributed by atoms with Crippen molar-refractivity contribution in [3.8, 4) is 0 Å². The van der Waals surface area contributed by atoms with Gasteiger partial charge in [-0.15, -0.1) is 5.06 Å². The molecule has 22 heavy (non-hydrogen) atoms. The SMILES string of the molecule is CC(C)(C)C(=O)ON1CCN(C(=O)c2cc(Cl)ncn2)CC1. The summed E-state index contributed by atoms with van der Waals surface area (Å²) in [6.07, 6.45) is 1.26. The van der Waals surface area contributed by atoms with Gasteiger partial charge in [0.25, 0.3) is 5.91 Å². The van der Waals surface area contributed by atoms with Crippen molar-refractivity contribution in [2.75, 3.05) is 26.2 Å². The van der Waals surface area contributed by atoms with Crippen LogP contribution < -0.4 is 0 Å². The van der Waals surface area contributed by atoms with E-state index in [-0.39, 0.29) is 22.7 Å². The summed E-state index contributed by atoms with van der Waals surface area (Å²) in [7, 11) is 0. The number of amides is 1. The van der Waals surface area contributed by atoms with Gasteiger partial charge in [0.05, 0.1) is 18.5 Å². The summed E-state index contributed by atoms with van der Waals surface area (Å²) in [4.78, 5) is 38.8. The molecule has 0 spiro atoms. The van der Waals surface area contributed by atoms with E-state index < -0.39 is 5.41 Å². The largest absolute Gasteiger partial charge is 0.367 e. The first-order chi connectivity index (χ1) is 10.3. The molecule has 2 heterocycles. The Labute approximate surface area is 134 Å². The number of hydroxylamine groups is 2. The van der Waals surface area contributed by atoms with Crippen LogP contribution in [0.2, 0.25) is 5.15 Å². The minimum absolute atomic E-state index is 0.203. The van der Waals surface area contributed by atoms with Gasteiger partial charge in [-0.2, -0.15) is 0 Å². The van der Waals surface area contributed by atoms with E-state index in [0.29, 0.717) is 26.2 Å². The summed E-state index contributed by atoms with van der Waals surface area (Å²) < 4.78 is 0. The normalized spacial score (nSPS) is 16.5. The molecule has 0 bridgehead atoms. The maximum atomic E-state index is 12.3. The van der Waals surface area contributed by atoms with Crippen LogP contribution in [0.3, 0.4) is 0 Å². The molecule has 1 saturated heterocycles. The highest BCUT2D eigenvalue weighted by Crippen LogP contribution is 2.17. The fourth-order valence-corrected chi connectivity index (χ4v) is 2.00. The number of rotatable bonds is 2. The highest BCUT2D eigenvalue weighted by atomic mass is 35.5. The van der Waals surface area contributed by atoms with Gasteiger partial charge >= 0.3 is 5.97 Å². The second-order valence-corrected chi connectivity index (χ2v) is 6.46. The van der Waals surface area contributed by atoms with Gasteiger partial charge in [0.2, 0.25) is 0 Å². The van der Waals surface area contributed by atoms with Crippen molar-refractivity contribution in [2.24, 2.45) is 5.41 Å². The Kier molecular flexibility index (Phi) is 4.97. The van der Waals surface area contributed by atoms with Crippen LogP contribution in [0.5, 0.6) is 0 Å². The van der Waals surface area contributed by atoms with Crippen LogP contribution in [0.15, 0.2) is 12.4 Å². The molecule has 0 saturated carbocycles. The van der Waals surface area contributed by atoms with Crippen LogP contribution in [-0.2, 0) is 9.63 Å². The Balaban J connectivity index is 1.89. The molecule has 0 aromatic carbocycles. The Bertz CT molecular complexity index is 565. The van der Waals surface area contributed by atoms with Crippen molar-refractivity contribution in [1.82, 2.24) is 19.9 Å². The maximum Gasteiger partial charge on any atom is 0.330 e. The maximum absolute atomic E-state index is 12.3. The van der Waals surface area contributed by atoms with Crippen LogP contribution in [0, 0.1) is 5.41 Å². The first kappa shape index (κ1) is 16.6. The first-order valence-corrected chi connectivity index (χ1v) is 7.39. The van der Waals surface area contributed by atoms with Gasteiger partial charge in [-0.3, -0.25) is 4.79 Å². The predicted molar refractivity (Wildman–Crippen MR) is 80.1 cm³/mol. The minimum atomic E-state index is -0.551. The lowest BCUT2D eigenvalue weighted by Crippen LogP contribution is -2.50. The van der Waals surface area contributed by atoms with Gasteiger partial charge in [-0.1, -0.05) is 11.6 Å². The smallest absolute Gasteiger partial charge is 0.330 e. The summed E-state index contributed by atoms with van der Waals surface area (Å²) in [5.41, 5.74) is -0.287. The van der Waals surface area contributed by atoms with E-state index in [4.69, 9.17) is 16.4 Å². The average molecular weight is 327 g/mol. The third kappa shape index (κ3) is 4.14. The predicted octanol–water partition coefficient (Wildman–Crippen LogP) is 1.39. The quantitative estimate of drug-likeness (QED) is 0.765. The lowest BCUT2D eigenvalue weighted by atomic mass is 9.98. The van der Waals surface area contributed by atoms with Crippen molar-refractivity contribution < 1.29 is 14.4 Å². The van der Waals surface area contributed by atoms with Gasteiger partial charge in [0.1, 0.15) is 17.2 Å². The Morgan fingerprint density at radius 2 is 1.82 bits per heavy atom. The van der Waals surface area contributed by atoms with E-state index in [0.717, 1.165) is 0 Å². The van der Waals surface area contributed by atoms with E-state index in [1.54, 1.807) is 30.7 Å². The van der Waals surface area contributed by atoms with Crippen LogP contribution in [0.1, 0.15) is 31.3 Å². The first-order valence-electron chi connectivity index (χ1n) is 7.01. The summed E-state index contributed by atoms with van der Waals surface area (Å²) in [5, 5.41) is 1.82. The fourth-order valence-electron chi connectivity index (χ4n) is 1.85. The summed E-state index contributed by atoms with van der Waals surface area (Å²) >= 11 is 5.76. The highest BCUT2D eigenvalue weighted by Gasteiger charge is 2.29. The summed E-state index contributed by atoms with van der Waals surface area (Å²) in [6, 6.07) is 1.44. The Morgan fingerprint density at radius 1 is 1.18 bits per heavy atom. The molecule has 1 aromatic rings. The third-order valence-electron chi connectivity index (χ3n) is 3.20. The number of carbonyl (C=O) groups is 2. The molecular formula is C14H19ClN4O3. The topological polar surface area (TPSA) is 75.6 Å². The highest BCUT2D eigenvalue weighted by molar-refractivity contribution is 6.29. The third-order valence-corrected chi connectivity index (χ3v) is 3.41. The lowest BCUT2D eigenvalue weighted by Gasteiger charge is -2.34. The molecule has 0 atom stereocenters. The summed E-state index contributed by atoms with van der Waals surface area (Å²) in [6.45, 7) is 7.24. The molecule has 0 aliphatic carbocycles. The number of nitrogens with zero attached hydrogens (tertiary/aromatic N) is 4. The number of piperazine rings is 1. The Morgan fingerprint density at radius 3 is 2.36 bits per heavy atom. The van der Waals surface area contributed by atoms with E-state index in [1.165, 1.54) is 12.4 Å². The molecule has 2 rings (SSSR count). The molecule has 1 amide bonds. The van der Waals surface area contributed by atoms with Crippen molar-refractivity contribution in [2.45, 2.75) is 20.8 Å². The zero-order valence-electron chi connectivity index (χ0n) is 12.9. The molecule has 1 aliphatic heterocycles. The molecule has 0 radical (unpaired) electrons. The molecule has 1 fully saturated rings. The average Bonchev–Trinajstić information content (AvgIpc) is 2.46. The number of hydrogen-bond donors (Lipinski definition) is 0. The van der Waals surface area contributed by atoms with Crippen molar-refractivity contribution in [1.29, 1.82) is 0 Å².